The van der Waals surface area contributed by atoms with Crippen LogP contribution in [0.5, 0.6) is 11.5 Å². The second-order valence-corrected chi connectivity index (χ2v) is 11.5. The summed E-state index contributed by atoms with van der Waals surface area (Å²) in [6, 6.07) is 20.9. The summed E-state index contributed by atoms with van der Waals surface area (Å²) in [4.78, 5) is 18.5. The molecule has 1 amide bonds. The highest BCUT2D eigenvalue weighted by molar-refractivity contribution is 9.10. The van der Waals surface area contributed by atoms with E-state index in [9.17, 15) is 4.79 Å². The first-order valence-corrected chi connectivity index (χ1v) is 14.6. The van der Waals surface area contributed by atoms with Crippen LogP contribution in [0.25, 0.3) is 0 Å². The molecule has 0 radical (unpaired) electrons. The third-order valence-corrected chi connectivity index (χ3v) is 7.63. The minimum absolute atomic E-state index is 0.222. The molecule has 4 aromatic rings. The van der Waals surface area contributed by atoms with Crippen molar-refractivity contribution in [1.82, 2.24) is 14.8 Å². The molecule has 1 atom stereocenters. The number of allylic oxidation sites excluding steroid dienone is 1. The number of thioether (sulfide) groups is 1. The van der Waals surface area contributed by atoms with Crippen LogP contribution in [0.4, 0.5) is 11.6 Å². The van der Waals surface area contributed by atoms with Gasteiger partial charge in [0.15, 0.2) is 11.5 Å². The van der Waals surface area contributed by atoms with Crippen molar-refractivity contribution >= 4 is 45.2 Å². The zero-order chi connectivity index (χ0) is 28.2. The number of anilines is 2. The Morgan fingerprint density at radius 2 is 1.93 bits per heavy atom. The summed E-state index contributed by atoms with van der Waals surface area (Å²) in [7, 11) is 1.61. The molecule has 5 rings (SSSR count). The maximum absolute atomic E-state index is 13.8. The van der Waals surface area contributed by atoms with Gasteiger partial charge in [0.05, 0.1) is 12.7 Å². The number of nitrogens with zero attached hydrogens (tertiary/aromatic N) is 3. The first-order chi connectivity index (χ1) is 19.4. The number of amides is 1. The maximum atomic E-state index is 13.8. The number of hydrogen-bond donors (Lipinski definition) is 2. The van der Waals surface area contributed by atoms with Crippen LogP contribution in [0.2, 0.25) is 0 Å². The Morgan fingerprint density at radius 3 is 2.67 bits per heavy atom. The average molecular weight is 621 g/mol. The Bertz CT molecular complexity index is 1590. The molecule has 2 N–H and O–H groups in total. The molecule has 1 aliphatic rings. The van der Waals surface area contributed by atoms with Crippen molar-refractivity contribution in [3.8, 4) is 11.5 Å². The van der Waals surface area contributed by atoms with E-state index < -0.39 is 6.04 Å². The van der Waals surface area contributed by atoms with Crippen LogP contribution in [0.1, 0.15) is 36.6 Å². The Labute approximate surface area is 246 Å². The lowest BCUT2D eigenvalue weighted by Crippen LogP contribution is -2.31. The topological polar surface area (TPSA) is 90.3 Å². The SMILES string of the molecule is CCSc1nc2n(n1)C(c1ccc(OCc3cccc(Br)c3)c(OC)c1)C(C(=O)Nc1cccc(C)c1)=C(C)N2. The van der Waals surface area contributed by atoms with Gasteiger partial charge in [-0.05, 0) is 72.7 Å². The van der Waals surface area contributed by atoms with E-state index in [-0.39, 0.29) is 5.91 Å². The lowest BCUT2D eigenvalue weighted by molar-refractivity contribution is -0.113. The van der Waals surface area contributed by atoms with Crippen molar-refractivity contribution in [2.75, 3.05) is 23.5 Å². The minimum atomic E-state index is -0.534. The van der Waals surface area contributed by atoms with Crippen LogP contribution in [-0.2, 0) is 11.4 Å². The minimum Gasteiger partial charge on any atom is -0.493 e. The zero-order valence-electron chi connectivity index (χ0n) is 22.7. The lowest BCUT2D eigenvalue weighted by Gasteiger charge is -2.29. The molecule has 0 saturated heterocycles. The predicted molar refractivity (Wildman–Crippen MR) is 162 cm³/mol. The van der Waals surface area contributed by atoms with Crippen molar-refractivity contribution in [2.24, 2.45) is 0 Å². The van der Waals surface area contributed by atoms with E-state index in [0.29, 0.717) is 40.5 Å². The molecule has 0 saturated carbocycles. The van der Waals surface area contributed by atoms with Crippen LogP contribution in [0.3, 0.4) is 0 Å². The number of carbonyl (C=O) groups is 1. The summed E-state index contributed by atoms with van der Waals surface area (Å²) >= 11 is 5.05. The number of carbonyl (C=O) groups excluding carboxylic acids is 1. The number of hydrogen-bond acceptors (Lipinski definition) is 7. The smallest absolute Gasteiger partial charge is 0.255 e. The fourth-order valence-electron chi connectivity index (χ4n) is 4.61. The van der Waals surface area contributed by atoms with E-state index in [0.717, 1.165) is 32.6 Å². The van der Waals surface area contributed by atoms with Crippen LogP contribution >= 0.6 is 27.7 Å². The molecule has 40 heavy (non-hydrogen) atoms. The average Bonchev–Trinajstić information content (AvgIpc) is 3.33. The molecule has 0 spiro atoms. The van der Waals surface area contributed by atoms with Gasteiger partial charge in [0, 0.05) is 15.9 Å². The largest absolute Gasteiger partial charge is 0.493 e. The molecule has 0 aliphatic carbocycles. The van der Waals surface area contributed by atoms with Gasteiger partial charge in [-0.1, -0.05) is 64.9 Å². The third-order valence-electron chi connectivity index (χ3n) is 6.41. The van der Waals surface area contributed by atoms with Crippen molar-refractivity contribution in [2.45, 2.75) is 38.6 Å². The highest BCUT2D eigenvalue weighted by Crippen LogP contribution is 2.40. The van der Waals surface area contributed by atoms with E-state index >= 15 is 0 Å². The van der Waals surface area contributed by atoms with E-state index in [2.05, 4.69) is 38.5 Å². The summed E-state index contributed by atoms with van der Waals surface area (Å²) in [6.07, 6.45) is 0. The number of fused-ring (bicyclic) bond motifs is 1. The summed E-state index contributed by atoms with van der Waals surface area (Å²) in [5.74, 6) is 2.36. The van der Waals surface area contributed by atoms with Gasteiger partial charge < -0.3 is 20.1 Å². The fourth-order valence-corrected chi connectivity index (χ4v) is 5.61. The van der Waals surface area contributed by atoms with Gasteiger partial charge in [-0.15, -0.1) is 5.10 Å². The quantitative estimate of drug-likeness (QED) is 0.195. The molecule has 2 heterocycles. The number of aromatic nitrogens is 3. The Hall–Kier alpha value is -3.76. The van der Waals surface area contributed by atoms with Gasteiger partial charge in [0.25, 0.3) is 5.91 Å². The van der Waals surface area contributed by atoms with E-state index in [1.165, 1.54) is 0 Å². The number of ether oxygens (including phenoxy) is 2. The standard InChI is InChI=1S/C30H30BrN5O3S/c1-5-40-30-34-29-32-19(3)26(28(37)33-23-11-6-8-18(2)14-23)27(36(29)35-30)21-12-13-24(25(16-21)38-4)39-17-20-9-7-10-22(31)15-20/h6-16,27H,5,17H2,1-4H3,(H,33,37)(H,32,34,35). The molecule has 1 aromatic heterocycles. The summed E-state index contributed by atoms with van der Waals surface area (Å²) < 4.78 is 14.6. The summed E-state index contributed by atoms with van der Waals surface area (Å²) in [5.41, 5.74) is 4.88. The van der Waals surface area contributed by atoms with Gasteiger partial charge in [0.2, 0.25) is 11.1 Å². The second-order valence-electron chi connectivity index (χ2n) is 9.31. The van der Waals surface area contributed by atoms with Crippen LogP contribution in [0.15, 0.2) is 87.6 Å². The van der Waals surface area contributed by atoms with Crippen molar-refractivity contribution in [1.29, 1.82) is 0 Å². The van der Waals surface area contributed by atoms with Gasteiger partial charge in [-0.3, -0.25) is 4.79 Å². The van der Waals surface area contributed by atoms with Crippen LogP contribution in [-0.4, -0.2) is 33.5 Å². The monoisotopic (exact) mass is 619 g/mol. The molecule has 206 valence electrons. The third kappa shape index (κ3) is 6.03. The Kier molecular flexibility index (Phi) is 8.46. The maximum Gasteiger partial charge on any atom is 0.255 e. The predicted octanol–water partition coefficient (Wildman–Crippen LogP) is 6.98. The van der Waals surface area contributed by atoms with Gasteiger partial charge in [-0.2, -0.15) is 4.98 Å². The molecule has 3 aromatic carbocycles. The van der Waals surface area contributed by atoms with E-state index in [4.69, 9.17) is 14.6 Å². The van der Waals surface area contributed by atoms with Gasteiger partial charge in [-0.25, -0.2) is 4.68 Å². The number of nitrogens with one attached hydrogen (secondary N) is 2. The highest BCUT2D eigenvalue weighted by atomic mass is 79.9. The number of methoxy groups -OCH3 is 1. The fraction of sp³-hybridized carbons (Fsp3) is 0.233. The van der Waals surface area contributed by atoms with Crippen molar-refractivity contribution in [3.63, 3.8) is 0 Å². The van der Waals surface area contributed by atoms with Crippen LogP contribution in [0, 0.1) is 6.92 Å². The molecule has 10 heteroatoms. The number of aryl methyl sites for hydroxylation is 1. The first-order valence-electron chi connectivity index (χ1n) is 12.9. The molecule has 8 nitrogen and oxygen atoms in total. The molecule has 0 fully saturated rings. The molecule has 0 bridgehead atoms. The normalized spacial score (nSPS) is 14.4. The summed E-state index contributed by atoms with van der Waals surface area (Å²) in [6.45, 7) is 6.32. The number of rotatable bonds is 9. The second kappa shape index (κ2) is 12.2. The Balaban J connectivity index is 1.51. The van der Waals surface area contributed by atoms with Gasteiger partial charge in [0.1, 0.15) is 12.6 Å². The number of halogens is 1. The molecular weight excluding hydrogens is 590 g/mol. The zero-order valence-corrected chi connectivity index (χ0v) is 25.1. The molecule has 1 unspecified atom stereocenters. The first kappa shape index (κ1) is 27.8. The van der Waals surface area contributed by atoms with E-state index in [1.54, 1.807) is 23.6 Å². The molecular formula is C30H30BrN5O3S. The number of benzene rings is 3. The van der Waals surface area contributed by atoms with Crippen LogP contribution < -0.4 is 20.1 Å². The van der Waals surface area contributed by atoms with E-state index in [1.807, 2.05) is 80.6 Å². The highest BCUT2D eigenvalue weighted by Gasteiger charge is 2.35. The molecule has 1 aliphatic heterocycles. The summed E-state index contributed by atoms with van der Waals surface area (Å²) in [5, 5.41) is 11.8. The van der Waals surface area contributed by atoms with Gasteiger partial charge >= 0.3 is 0 Å². The van der Waals surface area contributed by atoms with Crippen molar-refractivity contribution < 1.29 is 14.3 Å². The van der Waals surface area contributed by atoms with Crippen molar-refractivity contribution in [3.05, 3.63) is 99.2 Å². The lowest BCUT2D eigenvalue weighted by atomic mass is 9.94. The Morgan fingerprint density at radius 1 is 1.10 bits per heavy atom.